The van der Waals surface area contributed by atoms with Crippen molar-refractivity contribution in [2.75, 3.05) is 12.8 Å². The first kappa shape index (κ1) is 18.1. The highest BCUT2D eigenvalue weighted by Crippen LogP contribution is 2.36. The summed E-state index contributed by atoms with van der Waals surface area (Å²) in [5, 5.41) is 5.19. The second kappa shape index (κ2) is 7.81. The van der Waals surface area contributed by atoms with Crippen molar-refractivity contribution in [3.8, 4) is 0 Å². The molecule has 144 valence electrons. The smallest absolute Gasteiger partial charge is 0.0470 e. The van der Waals surface area contributed by atoms with Crippen molar-refractivity contribution in [2.45, 2.75) is 43.0 Å². The summed E-state index contributed by atoms with van der Waals surface area (Å²) < 4.78 is 0. The van der Waals surface area contributed by atoms with Crippen LogP contribution < -0.4 is 5.32 Å². The van der Waals surface area contributed by atoms with Gasteiger partial charge in [-0.3, -0.25) is 0 Å². The van der Waals surface area contributed by atoms with Crippen molar-refractivity contribution in [3.63, 3.8) is 0 Å². The highest BCUT2D eigenvalue weighted by Gasteiger charge is 2.26. The SMILES string of the molecule is CSc1ccc2c3c([nH]c2c1)CCC(CC1CC(c2ccccc2)=CCN1)C3. The van der Waals surface area contributed by atoms with Crippen LogP contribution in [0.15, 0.2) is 59.5 Å². The summed E-state index contributed by atoms with van der Waals surface area (Å²) in [5.41, 5.74) is 7.28. The minimum absolute atomic E-state index is 0.597. The van der Waals surface area contributed by atoms with E-state index in [4.69, 9.17) is 0 Å². The van der Waals surface area contributed by atoms with Gasteiger partial charge >= 0.3 is 0 Å². The molecule has 2 N–H and O–H groups in total. The summed E-state index contributed by atoms with van der Waals surface area (Å²) >= 11 is 1.82. The number of thioether (sulfide) groups is 1. The summed E-state index contributed by atoms with van der Waals surface area (Å²) in [6.45, 7) is 0.997. The van der Waals surface area contributed by atoms with Crippen LogP contribution >= 0.6 is 11.8 Å². The van der Waals surface area contributed by atoms with Crippen LogP contribution in [0.25, 0.3) is 16.5 Å². The average molecular weight is 389 g/mol. The molecule has 2 unspecified atom stereocenters. The first-order valence-corrected chi connectivity index (χ1v) is 11.7. The zero-order valence-corrected chi connectivity index (χ0v) is 17.3. The van der Waals surface area contributed by atoms with Crippen molar-refractivity contribution in [2.24, 2.45) is 5.92 Å². The Labute approximate surface area is 171 Å². The first-order chi connectivity index (χ1) is 13.8. The van der Waals surface area contributed by atoms with E-state index in [9.17, 15) is 0 Å². The number of aromatic amines is 1. The predicted octanol–water partition coefficient (Wildman–Crippen LogP) is 5.83. The molecule has 0 amide bonds. The molecule has 0 saturated heterocycles. The first-order valence-electron chi connectivity index (χ1n) is 10.5. The fourth-order valence-corrected chi connectivity index (χ4v) is 5.47. The third-order valence-electron chi connectivity index (χ3n) is 6.48. The molecule has 2 heterocycles. The van der Waals surface area contributed by atoms with E-state index in [1.165, 1.54) is 58.3 Å². The molecule has 2 nitrogen and oxygen atoms in total. The van der Waals surface area contributed by atoms with Crippen LogP contribution in [0.3, 0.4) is 0 Å². The Morgan fingerprint density at radius 3 is 2.82 bits per heavy atom. The Hall–Kier alpha value is -1.97. The molecular formula is C25H28N2S. The molecule has 0 saturated carbocycles. The Balaban J connectivity index is 1.30. The zero-order chi connectivity index (χ0) is 18.9. The Morgan fingerprint density at radius 2 is 1.96 bits per heavy atom. The lowest BCUT2D eigenvalue weighted by atomic mass is 9.80. The van der Waals surface area contributed by atoms with Crippen molar-refractivity contribution in [1.29, 1.82) is 0 Å². The standard InChI is InChI=1S/C25H28N2S/c1-28-21-8-9-22-23-14-17(7-10-24(23)27-25(22)16-21)13-20-15-19(11-12-26-20)18-5-3-2-4-6-18/h2-6,8-9,11,16-17,20,26-27H,7,10,12-15H2,1H3. The third kappa shape index (κ3) is 3.54. The number of hydrogen-bond donors (Lipinski definition) is 2. The van der Waals surface area contributed by atoms with Crippen molar-refractivity contribution >= 4 is 28.2 Å². The number of hydrogen-bond acceptors (Lipinski definition) is 2. The lowest BCUT2D eigenvalue weighted by molar-refractivity contribution is 0.356. The van der Waals surface area contributed by atoms with Crippen LogP contribution in [-0.4, -0.2) is 23.8 Å². The van der Waals surface area contributed by atoms with Gasteiger partial charge in [-0.15, -0.1) is 11.8 Å². The molecule has 0 fully saturated rings. The minimum atomic E-state index is 0.597. The van der Waals surface area contributed by atoms with Gasteiger partial charge in [0.15, 0.2) is 0 Å². The van der Waals surface area contributed by atoms with Crippen molar-refractivity contribution in [3.05, 3.63) is 71.4 Å². The second-order valence-electron chi connectivity index (χ2n) is 8.24. The lowest BCUT2D eigenvalue weighted by Crippen LogP contribution is -2.35. The normalized spacial score (nSPS) is 22.1. The number of aryl methyl sites for hydroxylation is 1. The van der Waals surface area contributed by atoms with Crippen LogP contribution in [0.5, 0.6) is 0 Å². The molecule has 3 aromatic rings. The summed E-state index contributed by atoms with van der Waals surface area (Å²) in [6.07, 6.45) is 10.7. The predicted molar refractivity (Wildman–Crippen MR) is 121 cm³/mol. The minimum Gasteiger partial charge on any atom is -0.358 e. The molecule has 2 aromatic carbocycles. The molecule has 0 spiro atoms. The van der Waals surface area contributed by atoms with Crippen LogP contribution in [-0.2, 0) is 12.8 Å². The fraction of sp³-hybridized carbons (Fsp3) is 0.360. The Bertz CT molecular complexity index is 1000. The number of benzene rings is 2. The molecule has 2 aliphatic rings. The van der Waals surface area contributed by atoms with E-state index >= 15 is 0 Å². The largest absolute Gasteiger partial charge is 0.358 e. The summed E-state index contributed by atoms with van der Waals surface area (Å²) in [4.78, 5) is 5.05. The Kier molecular flexibility index (Phi) is 5.04. The molecule has 0 radical (unpaired) electrons. The molecular weight excluding hydrogens is 360 g/mol. The summed E-state index contributed by atoms with van der Waals surface area (Å²) in [7, 11) is 0. The van der Waals surface area contributed by atoms with Gasteiger partial charge in [-0.05, 0) is 73.1 Å². The van der Waals surface area contributed by atoms with Gasteiger partial charge in [0, 0.05) is 34.1 Å². The van der Waals surface area contributed by atoms with Gasteiger partial charge in [-0.2, -0.15) is 0 Å². The van der Waals surface area contributed by atoms with Crippen molar-refractivity contribution < 1.29 is 0 Å². The molecule has 5 rings (SSSR count). The maximum Gasteiger partial charge on any atom is 0.0470 e. The Morgan fingerprint density at radius 1 is 1.07 bits per heavy atom. The second-order valence-corrected chi connectivity index (χ2v) is 9.12. The van der Waals surface area contributed by atoms with E-state index in [2.05, 4.69) is 71.2 Å². The third-order valence-corrected chi connectivity index (χ3v) is 7.21. The highest BCUT2D eigenvalue weighted by atomic mass is 32.2. The molecule has 3 heteroatoms. The highest BCUT2D eigenvalue weighted by molar-refractivity contribution is 7.98. The monoisotopic (exact) mass is 388 g/mol. The maximum absolute atomic E-state index is 3.75. The topological polar surface area (TPSA) is 27.8 Å². The number of aromatic nitrogens is 1. The van der Waals surface area contributed by atoms with Gasteiger partial charge in [-0.1, -0.05) is 42.5 Å². The molecule has 1 aromatic heterocycles. The number of H-pyrrole nitrogens is 1. The van der Waals surface area contributed by atoms with Crippen molar-refractivity contribution in [1.82, 2.24) is 10.3 Å². The number of rotatable bonds is 4. The van der Waals surface area contributed by atoms with E-state index < -0.39 is 0 Å². The van der Waals surface area contributed by atoms with E-state index in [1.807, 2.05) is 11.8 Å². The van der Waals surface area contributed by atoms with Crippen LogP contribution in [0, 0.1) is 5.92 Å². The van der Waals surface area contributed by atoms with E-state index in [-0.39, 0.29) is 0 Å². The maximum atomic E-state index is 3.75. The molecule has 1 aliphatic heterocycles. The van der Waals surface area contributed by atoms with E-state index in [0.29, 0.717) is 6.04 Å². The average Bonchev–Trinajstić information content (AvgIpc) is 3.11. The molecule has 2 atom stereocenters. The number of nitrogens with one attached hydrogen (secondary N) is 2. The van der Waals surface area contributed by atoms with Gasteiger partial charge < -0.3 is 10.3 Å². The summed E-state index contributed by atoms with van der Waals surface area (Å²) in [6, 6.07) is 18.4. The van der Waals surface area contributed by atoms with Crippen LogP contribution in [0.2, 0.25) is 0 Å². The van der Waals surface area contributed by atoms with Gasteiger partial charge in [0.25, 0.3) is 0 Å². The number of fused-ring (bicyclic) bond motifs is 3. The molecule has 28 heavy (non-hydrogen) atoms. The molecule has 0 bridgehead atoms. The van der Waals surface area contributed by atoms with Gasteiger partial charge in [0.05, 0.1) is 0 Å². The molecule has 1 aliphatic carbocycles. The lowest BCUT2D eigenvalue weighted by Gasteiger charge is -2.30. The van der Waals surface area contributed by atoms with Gasteiger partial charge in [-0.25, -0.2) is 0 Å². The van der Waals surface area contributed by atoms with E-state index in [1.54, 1.807) is 5.56 Å². The van der Waals surface area contributed by atoms with Crippen LogP contribution in [0.4, 0.5) is 0 Å². The van der Waals surface area contributed by atoms with Gasteiger partial charge in [0.2, 0.25) is 0 Å². The summed E-state index contributed by atoms with van der Waals surface area (Å²) in [5.74, 6) is 0.777. The zero-order valence-electron chi connectivity index (χ0n) is 16.5. The van der Waals surface area contributed by atoms with E-state index in [0.717, 1.165) is 18.9 Å². The van der Waals surface area contributed by atoms with Gasteiger partial charge in [0.1, 0.15) is 0 Å². The van der Waals surface area contributed by atoms with Crippen LogP contribution in [0.1, 0.15) is 36.1 Å². The fourth-order valence-electron chi connectivity index (χ4n) is 5.03. The quantitative estimate of drug-likeness (QED) is 0.550.